The van der Waals surface area contributed by atoms with Gasteiger partial charge in [-0.15, -0.1) is 0 Å². The average Bonchev–Trinajstić information content (AvgIpc) is 3.53. The molecular weight excluding hydrogens is 558 g/mol. The van der Waals surface area contributed by atoms with Gasteiger partial charge in [0.1, 0.15) is 4.34 Å². The van der Waals surface area contributed by atoms with E-state index >= 15 is 0 Å². The molecule has 0 radical (unpaired) electrons. The fraction of sp³-hybridized carbons (Fsp3) is 0.613. The van der Waals surface area contributed by atoms with E-state index in [-0.39, 0.29) is 34.5 Å². The number of thiazole rings is 1. The minimum absolute atomic E-state index is 0.0161. The number of aromatic nitrogens is 1. The Kier molecular flexibility index (Phi) is 8.52. The van der Waals surface area contributed by atoms with E-state index in [1.165, 1.54) is 11.3 Å². The number of fused-ring (bicyclic) bond motifs is 1. The Morgan fingerprint density at radius 2 is 1.63 bits per heavy atom. The topological polar surface area (TPSA) is 77.1 Å². The van der Waals surface area contributed by atoms with Crippen molar-refractivity contribution in [3.63, 3.8) is 0 Å². The molecule has 5 rings (SSSR count). The van der Waals surface area contributed by atoms with Crippen LogP contribution in [0.15, 0.2) is 24.4 Å². The van der Waals surface area contributed by atoms with Crippen LogP contribution in [0.4, 0.5) is 5.13 Å². The zero-order chi connectivity index (χ0) is 29.5. The van der Waals surface area contributed by atoms with Gasteiger partial charge in [0, 0.05) is 75.0 Å². The molecule has 10 heteroatoms. The van der Waals surface area contributed by atoms with Crippen LogP contribution in [0.1, 0.15) is 61.5 Å². The molecule has 3 aliphatic heterocycles. The maximum atomic E-state index is 13.6. The molecule has 3 saturated heterocycles. The highest BCUT2D eigenvalue weighted by Crippen LogP contribution is 2.51. The number of likely N-dealkylation sites (tertiary alicyclic amines) is 3. The Morgan fingerprint density at radius 1 is 1.02 bits per heavy atom. The smallest absolute Gasteiger partial charge is 0.254 e. The molecule has 0 spiro atoms. The van der Waals surface area contributed by atoms with Crippen LogP contribution < -0.4 is 4.90 Å². The maximum Gasteiger partial charge on any atom is 0.254 e. The normalized spacial score (nSPS) is 25.0. The van der Waals surface area contributed by atoms with Crippen molar-refractivity contribution in [2.45, 2.75) is 53.9 Å². The SMILES string of the molecule is CC(=O)N1CCC(C(=O)N(CCCN2C[C@@]3(C)CN(C(=O)c4c(C)cccc4C)C[C@@]3(C)C2)c2ncc(Cl)s2)CC1. The molecule has 3 aliphatic rings. The highest BCUT2D eigenvalue weighted by atomic mass is 35.5. The van der Waals surface area contributed by atoms with Crippen LogP contribution in [0.2, 0.25) is 4.34 Å². The van der Waals surface area contributed by atoms with E-state index in [9.17, 15) is 14.4 Å². The van der Waals surface area contributed by atoms with Crippen molar-refractivity contribution in [1.29, 1.82) is 0 Å². The van der Waals surface area contributed by atoms with Crippen LogP contribution in [0.25, 0.3) is 0 Å². The number of carbonyl (C=O) groups excluding carboxylic acids is 3. The lowest BCUT2D eigenvalue weighted by Gasteiger charge is -2.33. The number of benzene rings is 1. The van der Waals surface area contributed by atoms with E-state index in [2.05, 4.69) is 28.6 Å². The Bertz CT molecular complexity index is 1280. The largest absolute Gasteiger partial charge is 0.343 e. The maximum absolute atomic E-state index is 13.6. The van der Waals surface area contributed by atoms with Crippen LogP contribution in [-0.4, -0.2) is 89.8 Å². The molecule has 0 N–H and O–H groups in total. The van der Waals surface area contributed by atoms with Gasteiger partial charge in [0.15, 0.2) is 5.13 Å². The van der Waals surface area contributed by atoms with Crippen LogP contribution in [0.3, 0.4) is 0 Å². The van der Waals surface area contributed by atoms with Gasteiger partial charge in [-0.25, -0.2) is 4.98 Å². The number of piperidine rings is 1. The lowest BCUT2D eigenvalue weighted by molar-refractivity contribution is -0.133. The van der Waals surface area contributed by atoms with Crippen LogP contribution >= 0.6 is 22.9 Å². The molecule has 0 unspecified atom stereocenters. The van der Waals surface area contributed by atoms with E-state index in [0.717, 1.165) is 55.8 Å². The van der Waals surface area contributed by atoms with Gasteiger partial charge in [-0.2, -0.15) is 0 Å². The molecule has 0 saturated carbocycles. The summed E-state index contributed by atoms with van der Waals surface area (Å²) in [6.07, 6.45) is 3.78. The first-order valence-electron chi connectivity index (χ1n) is 14.7. The van der Waals surface area contributed by atoms with Crippen molar-refractivity contribution in [2.75, 3.05) is 57.3 Å². The molecule has 8 nitrogen and oxygen atoms in total. The highest BCUT2D eigenvalue weighted by Gasteiger charge is 2.58. The molecule has 1 aromatic heterocycles. The number of rotatable bonds is 7. The fourth-order valence-corrected chi connectivity index (χ4v) is 8.13. The van der Waals surface area contributed by atoms with Gasteiger partial charge in [0.05, 0.1) is 6.20 Å². The summed E-state index contributed by atoms with van der Waals surface area (Å²) in [6.45, 7) is 16.3. The Morgan fingerprint density at radius 3 is 2.17 bits per heavy atom. The molecule has 222 valence electrons. The van der Waals surface area contributed by atoms with E-state index < -0.39 is 0 Å². The zero-order valence-corrected chi connectivity index (χ0v) is 26.5. The van der Waals surface area contributed by atoms with Crippen LogP contribution in [0, 0.1) is 30.6 Å². The minimum Gasteiger partial charge on any atom is -0.343 e. The van der Waals surface area contributed by atoms with Crippen molar-refractivity contribution in [3.8, 4) is 0 Å². The molecule has 41 heavy (non-hydrogen) atoms. The predicted octanol–water partition coefficient (Wildman–Crippen LogP) is 4.88. The standard InChI is InChI=1S/C31H42ClN5O3S/c1-21-8-6-9-22(2)26(21)28(40)36-19-30(4)17-34(18-31(30,5)20-36)12-7-13-37(29-33-16-25(32)41-29)27(39)24-10-14-35(15-11-24)23(3)38/h6,8-9,16,24H,7,10-15,17-20H2,1-5H3/t30-,31+. The summed E-state index contributed by atoms with van der Waals surface area (Å²) >= 11 is 7.54. The number of nitrogens with zero attached hydrogens (tertiary/aromatic N) is 5. The molecule has 1 aromatic carbocycles. The van der Waals surface area contributed by atoms with Crippen molar-refractivity contribution < 1.29 is 14.4 Å². The summed E-state index contributed by atoms with van der Waals surface area (Å²) < 4.78 is 0.567. The second-order valence-corrected chi connectivity index (χ2v) is 14.5. The number of carbonyl (C=O) groups is 3. The number of anilines is 1. The second kappa shape index (κ2) is 11.7. The molecule has 2 atom stereocenters. The number of aryl methyl sites for hydroxylation is 2. The van der Waals surface area contributed by atoms with E-state index in [1.807, 2.05) is 41.8 Å². The summed E-state index contributed by atoms with van der Waals surface area (Å²) in [6, 6.07) is 6.05. The van der Waals surface area contributed by atoms with Gasteiger partial charge in [0.2, 0.25) is 11.8 Å². The summed E-state index contributed by atoms with van der Waals surface area (Å²) in [5.74, 6) is 0.180. The quantitative estimate of drug-likeness (QED) is 0.453. The second-order valence-electron chi connectivity index (χ2n) is 12.8. The summed E-state index contributed by atoms with van der Waals surface area (Å²) in [5.41, 5.74) is 2.95. The predicted molar refractivity (Wildman–Crippen MR) is 164 cm³/mol. The number of hydrogen-bond acceptors (Lipinski definition) is 6. The lowest BCUT2D eigenvalue weighted by Crippen LogP contribution is -2.44. The van der Waals surface area contributed by atoms with E-state index in [1.54, 1.807) is 13.1 Å². The third-order valence-electron chi connectivity index (χ3n) is 9.77. The van der Waals surface area contributed by atoms with Crippen molar-refractivity contribution in [3.05, 3.63) is 45.4 Å². The van der Waals surface area contributed by atoms with Crippen LogP contribution in [-0.2, 0) is 9.59 Å². The molecule has 3 fully saturated rings. The molecule has 0 aliphatic carbocycles. The van der Waals surface area contributed by atoms with Crippen molar-refractivity contribution in [1.82, 2.24) is 19.7 Å². The van der Waals surface area contributed by atoms with Crippen molar-refractivity contribution >= 4 is 45.8 Å². The number of hydrogen-bond donors (Lipinski definition) is 0. The average molecular weight is 600 g/mol. The monoisotopic (exact) mass is 599 g/mol. The zero-order valence-electron chi connectivity index (χ0n) is 24.9. The van der Waals surface area contributed by atoms with Gasteiger partial charge in [-0.3, -0.25) is 19.3 Å². The van der Waals surface area contributed by atoms with Gasteiger partial charge in [0.25, 0.3) is 5.91 Å². The third-order valence-corrected chi connectivity index (χ3v) is 10.9. The molecule has 3 amide bonds. The first-order chi connectivity index (χ1) is 19.4. The molecular formula is C31H42ClN5O3S. The van der Waals surface area contributed by atoms with Crippen molar-refractivity contribution in [2.24, 2.45) is 16.7 Å². The van der Waals surface area contributed by atoms with E-state index in [0.29, 0.717) is 41.9 Å². The lowest BCUT2D eigenvalue weighted by atomic mass is 9.71. The molecule has 2 aromatic rings. The number of halogens is 1. The summed E-state index contributed by atoms with van der Waals surface area (Å²) in [7, 11) is 0. The fourth-order valence-electron chi connectivity index (χ4n) is 7.20. The van der Waals surface area contributed by atoms with Gasteiger partial charge in [-0.1, -0.05) is 55.0 Å². The Balaban J connectivity index is 1.20. The minimum atomic E-state index is -0.113. The van der Waals surface area contributed by atoms with Gasteiger partial charge in [-0.05, 0) is 50.8 Å². The van der Waals surface area contributed by atoms with Gasteiger partial charge < -0.3 is 14.7 Å². The Hall–Kier alpha value is -2.49. The molecule has 4 heterocycles. The first kappa shape index (κ1) is 30.0. The van der Waals surface area contributed by atoms with Crippen LogP contribution in [0.5, 0.6) is 0 Å². The van der Waals surface area contributed by atoms with E-state index in [4.69, 9.17) is 11.6 Å². The summed E-state index contributed by atoms with van der Waals surface area (Å²) in [5, 5.41) is 0.645. The van der Waals surface area contributed by atoms with Gasteiger partial charge >= 0.3 is 0 Å². The summed E-state index contributed by atoms with van der Waals surface area (Å²) in [4.78, 5) is 51.6. The molecule has 0 bridgehead atoms. The number of amides is 3. The third kappa shape index (κ3) is 5.90. The first-order valence-corrected chi connectivity index (χ1v) is 15.9. The Labute approximate surface area is 252 Å². The highest BCUT2D eigenvalue weighted by molar-refractivity contribution is 7.19.